The molecule has 0 aliphatic rings. The fraction of sp³-hybridized carbons (Fsp3) is 0.400. The van der Waals surface area contributed by atoms with E-state index in [-0.39, 0.29) is 24.0 Å². The molecule has 6 heteroatoms. The number of carbonyl (C=O) groups is 1. The molecule has 0 spiro atoms. The fourth-order valence-electron chi connectivity index (χ4n) is 1.59. The predicted octanol–water partition coefficient (Wildman–Crippen LogP) is 2.41. The quantitative estimate of drug-likeness (QED) is 0.864. The highest BCUT2D eigenvalue weighted by Crippen LogP contribution is 2.21. The summed E-state index contributed by atoms with van der Waals surface area (Å²) in [6, 6.07) is 9.33. The molecule has 6 nitrogen and oxygen atoms in total. The van der Waals surface area contributed by atoms with Crippen molar-refractivity contribution in [1.29, 1.82) is 0 Å². The summed E-state index contributed by atoms with van der Waals surface area (Å²) in [5, 5.41) is 3.83. The van der Waals surface area contributed by atoms with Crippen molar-refractivity contribution < 1.29 is 14.1 Å². The van der Waals surface area contributed by atoms with Gasteiger partial charge in [0, 0.05) is 18.2 Å². The molecule has 0 N–H and O–H groups in total. The van der Waals surface area contributed by atoms with Gasteiger partial charge >= 0.3 is 6.08 Å². The number of hydrogen-bond donors (Lipinski definition) is 0. The zero-order chi connectivity index (χ0) is 15.5. The fourth-order valence-corrected chi connectivity index (χ4v) is 1.59. The molecule has 21 heavy (non-hydrogen) atoms. The third-order valence-electron chi connectivity index (χ3n) is 2.91. The molecule has 0 bridgehead atoms. The Labute approximate surface area is 123 Å². The van der Waals surface area contributed by atoms with Crippen LogP contribution >= 0.6 is 0 Å². The van der Waals surface area contributed by atoms with Gasteiger partial charge in [0.1, 0.15) is 0 Å². The van der Waals surface area contributed by atoms with E-state index in [1.807, 2.05) is 51.1 Å². The molecule has 2 aromatic rings. The third kappa shape index (κ3) is 3.81. The first kappa shape index (κ1) is 15.0. The molecular formula is C15H19N3O3. The van der Waals surface area contributed by atoms with Gasteiger partial charge in [-0.2, -0.15) is 4.98 Å². The van der Waals surface area contributed by atoms with Gasteiger partial charge in [0.05, 0.1) is 0 Å². The Morgan fingerprint density at radius 1 is 1.29 bits per heavy atom. The Morgan fingerprint density at radius 2 is 1.95 bits per heavy atom. The summed E-state index contributed by atoms with van der Waals surface area (Å²) in [5.74, 6) is 0.345. The monoisotopic (exact) mass is 289 g/mol. The van der Waals surface area contributed by atoms with E-state index in [0.29, 0.717) is 5.82 Å². The van der Waals surface area contributed by atoms with Crippen LogP contribution in [-0.4, -0.2) is 29.7 Å². The summed E-state index contributed by atoms with van der Waals surface area (Å²) in [7, 11) is 1.69. The Balaban J connectivity index is 1.94. The molecule has 0 aliphatic heterocycles. The van der Waals surface area contributed by atoms with Crippen LogP contribution in [0.1, 0.15) is 26.6 Å². The lowest BCUT2D eigenvalue weighted by molar-refractivity contribution is -0.120. The van der Waals surface area contributed by atoms with Gasteiger partial charge < -0.3 is 9.64 Å². The van der Waals surface area contributed by atoms with Crippen LogP contribution in [0.3, 0.4) is 0 Å². The number of rotatable bonds is 4. The van der Waals surface area contributed by atoms with E-state index in [2.05, 4.69) is 10.1 Å². The first-order valence-corrected chi connectivity index (χ1v) is 6.66. The molecule has 0 radical (unpaired) electrons. The van der Waals surface area contributed by atoms with Crippen LogP contribution < -0.4 is 9.64 Å². The summed E-state index contributed by atoms with van der Waals surface area (Å²) in [6.07, 6.45) is 0.00902. The van der Waals surface area contributed by atoms with Crippen LogP contribution in [0.15, 0.2) is 34.9 Å². The first-order valence-electron chi connectivity index (χ1n) is 6.66. The number of benzene rings is 1. The Kier molecular flexibility index (Phi) is 4.26. The molecule has 1 aromatic carbocycles. The molecule has 0 unspecified atom stereocenters. The highest BCUT2D eigenvalue weighted by Gasteiger charge is 2.22. The molecule has 0 saturated carbocycles. The molecule has 0 atom stereocenters. The van der Waals surface area contributed by atoms with Crippen LogP contribution in [0.2, 0.25) is 0 Å². The van der Waals surface area contributed by atoms with Gasteiger partial charge in [0.15, 0.2) is 12.4 Å². The maximum absolute atomic E-state index is 12.0. The van der Waals surface area contributed by atoms with E-state index in [4.69, 9.17) is 9.26 Å². The number of likely N-dealkylation sites (N-methyl/N-ethyl adjacent to an activating group) is 1. The molecular weight excluding hydrogens is 270 g/mol. The lowest BCUT2D eigenvalue weighted by Gasteiger charge is -2.16. The van der Waals surface area contributed by atoms with Gasteiger partial charge in [0.25, 0.3) is 5.91 Å². The standard InChI is InChI=1S/C15H19N3O3/c1-15(2,3)13-16-14(21-17-13)20-10-12(19)18(4)11-8-6-5-7-9-11/h5-9H,10H2,1-4H3. The van der Waals surface area contributed by atoms with Gasteiger partial charge in [-0.1, -0.05) is 44.1 Å². The molecule has 1 heterocycles. The predicted molar refractivity (Wildman–Crippen MR) is 78.3 cm³/mol. The first-order chi connectivity index (χ1) is 9.88. The number of ether oxygens (including phenoxy) is 1. The molecule has 0 fully saturated rings. The van der Waals surface area contributed by atoms with Crippen molar-refractivity contribution in [2.45, 2.75) is 26.2 Å². The SMILES string of the molecule is CN(C(=O)COc1nc(C(C)(C)C)no1)c1ccccc1. The smallest absolute Gasteiger partial charge is 0.417 e. The van der Waals surface area contributed by atoms with Crippen molar-refractivity contribution in [1.82, 2.24) is 10.1 Å². The summed E-state index contributed by atoms with van der Waals surface area (Å²) >= 11 is 0. The summed E-state index contributed by atoms with van der Waals surface area (Å²) in [6.45, 7) is 5.75. The average molecular weight is 289 g/mol. The summed E-state index contributed by atoms with van der Waals surface area (Å²) < 4.78 is 10.2. The number of aromatic nitrogens is 2. The number of anilines is 1. The molecule has 0 aliphatic carbocycles. The van der Waals surface area contributed by atoms with E-state index in [1.54, 1.807) is 7.05 Å². The van der Waals surface area contributed by atoms with Gasteiger partial charge in [-0.25, -0.2) is 0 Å². The van der Waals surface area contributed by atoms with Crippen LogP contribution in [0.4, 0.5) is 5.69 Å². The molecule has 112 valence electrons. The zero-order valence-corrected chi connectivity index (χ0v) is 12.7. The molecule has 1 aromatic heterocycles. The van der Waals surface area contributed by atoms with Gasteiger partial charge in [-0.05, 0) is 12.1 Å². The van der Waals surface area contributed by atoms with E-state index in [1.165, 1.54) is 4.90 Å². The van der Waals surface area contributed by atoms with E-state index in [9.17, 15) is 4.79 Å². The van der Waals surface area contributed by atoms with E-state index < -0.39 is 0 Å². The lowest BCUT2D eigenvalue weighted by atomic mass is 9.96. The minimum absolute atomic E-state index is 0.00902. The van der Waals surface area contributed by atoms with Crippen molar-refractivity contribution in [3.05, 3.63) is 36.2 Å². The van der Waals surface area contributed by atoms with Crippen molar-refractivity contribution >= 4 is 11.6 Å². The van der Waals surface area contributed by atoms with Crippen molar-refractivity contribution in [3.8, 4) is 6.08 Å². The normalized spacial score (nSPS) is 11.2. The number of carbonyl (C=O) groups excluding carboxylic acids is 1. The Morgan fingerprint density at radius 3 is 2.52 bits per heavy atom. The van der Waals surface area contributed by atoms with E-state index >= 15 is 0 Å². The Hall–Kier alpha value is -2.37. The topological polar surface area (TPSA) is 68.5 Å². The summed E-state index contributed by atoms with van der Waals surface area (Å²) in [4.78, 5) is 17.7. The number of para-hydroxylation sites is 1. The minimum Gasteiger partial charge on any atom is -0.439 e. The Bertz CT molecular complexity index is 602. The maximum atomic E-state index is 12.0. The van der Waals surface area contributed by atoms with Crippen LogP contribution in [-0.2, 0) is 10.2 Å². The highest BCUT2D eigenvalue weighted by atomic mass is 16.6. The van der Waals surface area contributed by atoms with Crippen molar-refractivity contribution in [3.63, 3.8) is 0 Å². The largest absolute Gasteiger partial charge is 0.439 e. The second kappa shape index (κ2) is 5.95. The third-order valence-corrected chi connectivity index (χ3v) is 2.91. The molecule has 1 amide bonds. The van der Waals surface area contributed by atoms with Crippen LogP contribution in [0.25, 0.3) is 0 Å². The van der Waals surface area contributed by atoms with Crippen molar-refractivity contribution in [2.75, 3.05) is 18.6 Å². The second-order valence-corrected chi connectivity index (χ2v) is 5.71. The second-order valence-electron chi connectivity index (χ2n) is 5.71. The minimum atomic E-state index is -0.226. The lowest BCUT2D eigenvalue weighted by Crippen LogP contribution is -2.31. The zero-order valence-electron chi connectivity index (χ0n) is 12.7. The van der Waals surface area contributed by atoms with Crippen LogP contribution in [0.5, 0.6) is 6.08 Å². The number of hydrogen-bond acceptors (Lipinski definition) is 5. The van der Waals surface area contributed by atoms with Crippen LogP contribution in [0, 0.1) is 0 Å². The summed E-state index contributed by atoms with van der Waals surface area (Å²) in [5.41, 5.74) is 0.572. The van der Waals surface area contributed by atoms with Gasteiger partial charge in [0.2, 0.25) is 0 Å². The molecule has 0 saturated heterocycles. The maximum Gasteiger partial charge on any atom is 0.417 e. The van der Waals surface area contributed by atoms with Gasteiger partial charge in [-0.3, -0.25) is 9.32 Å². The number of amides is 1. The van der Waals surface area contributed by atoms with E-state index in [0.717, 1.165) is 5.69 Å². The average Bonchev–Trinajstić information content (AvgIpc) is 2.94. The highest BCUT2D eigenvalue weighted by molar-refractivity contribution is 5.93. The number of nitrogens with zero attached hydrogens (tertiary/aromatic N) is 3. The van der Waals surface area contributed by atoms with Crippen molar-refractivity contribution in [2.24, 2.45) is 0 Å². The van der Waals surface area contributed by atoms with Gasteiger partial charge in [-0.15, -0.1) is 0 Å². The molecule has 2 rings (SSSR count).